The summed E-state index contributed by atoms with van der Waals surface area (Å²) < 4.78 is 27.4. The lowest BCUT2D eigenvalue weighted by molar-refractivity contribution is 0.0941. The summed E-state index contributed by atoms with van der Waals surface area (Å²) in [6.07, 6.45) is 2.34. The van der Waals surface area contributed by atoms with Gasteiger partial charge in [-0.1, -0.05) is 15.9 Å². The third-order valence-electron chi connectivity index (χ3n) is 3.15. The van der Waals surface area contributed by atoms with E-state index in [1.807, 2.05) is 0 Å². The summed E-state index contributed by atoms with van der Waals surface area (Å²) in [5.41, 5.74) is -0.523. The molecule has 0 aromatic heterocycles. The summed E-state index contributed by atoms with van der Waals surface area (Å²) in [6.45, 7) is 3.16. The summed E-state index contributed by atoms with van der Waals surface area (Å²) in [5.74, 6) is -2.42. The number of amides is 1. The maximum Gasteiger partial charge on any atom is 0.257 e. The van der Waals surface area contributed by atoms with E-state index in [4.69, 9.17) is 0 Å². The predicted molar refractivity (Wildman–Crippen MR) is 72.1 cm³/mol. The number of likely N-dealkylation sites (tertiary alicyclic amines) is 1. The molecule has 1 aliphatic heterocycles. The van der Waals surface area contributed by atoms with Crippen LogP contribution in [-0.4, -0.2) is 37.0 Å². The first-order valence-electron chi connectivity index (χ1n) is 6.23. The molecular formula is C13H15BrF2N2O. The topological polar surface area (TPSA) is 32.3 Å². The molecule has 1 saturated heterocycles. The number of nitrogens with zero attached hydrogens (tertiary/aromatic N) is 1. The van der Waals surface area contributed by atoms with E-state index in [0.717, 1.165) is 25.2 Å². The number of hydrogen-bond acceptors (Lipinski definition) is 2. The van der Waals surface area contributed by atoms with Crippen LogP contribution in [0.1, 0.15) is 23.2 Å². The molecule has 0 unspecified atom stereocenters. The van der Waals surface area contributed by atoms with Gasteiger partial charge in [-0.15, -0.1) is 0 Å². The molecule has 1 aromatic carbocycles. The van der Waals surface area contributed by atoms with Crippen LogP contribution in [0.25, 0.3) is 0 Å². The molecule has 19 heavy (non-hydrogen) atoms. The number of carbonyl (C=O) groups is 1. The van der Waals surface area contributed by atoms with E-state index in [1.165, 1.54) is 12.8 Å². The molecule has 0 atom stereocenters. The maximum absolute atomic E-state index is 13.5. The average molecular weight is 333 g/mol. The minimum Gasteiger partial charge on any atom is -0.351 e. The Kier molecular flexibility index (Phi) is 4.87. The highest BCUT2D eigenvalue weighted by Gasteiger charge is 2.18. The van der Waals surface area contributed by atoms with Gasteiger partial charge in [0.1, 0.15) is 17.2 Å². The van der Waals surface area contributed by atoms with Crippen molar-refractivity contribution >= 4 is 21.8 Å². The normalized spacial score (nSPS) is 15.7. The van der Waals surface area contributed by atoms with Crippen molar-refractivity contribution in [1.82, 2.24) is 10.2 Å². The van der Waals surface area contributed by atoms with Crippen molar-refractivity contribution in [3.63, 3.8) is 0 Å². The van der Waals surface area contributed by atoms with Crippen molar-refractivity contribution in [1.29, 1.82) is 0 Å². The Bertz CT molecular complexity index is 453. The van der Waals surface area contributed by atoms with Crippen LogP contribution in [0.3, 0.4) is 0 Å². The summed E-state index contributed by atoms with van der Waals surface area (Å²) in [7, 11) is 0. The molecule has 2 rings (SSSR count). The highest BCUT2D eigenvalue weighted by atomic mass is 79.9. The second-order valence-electron chi connectivity index (χ2n) is 4.55. The molecule has 1 N–H and O–H groups in total. The van der Waals surface area contributed by atoms with Crippen molar-refractivity contribution in [2.45, 2.75) is 12.8 Å². The van der Waals surface area contributed by atoms with Gasteiger partial charge in [0, 0.05) is 17.6 Å². The fourth-order valence-corrected chi connectivity index (χ4v) is 2.58. The third-order valence-corrected chi connectivity index (χ3v) is 3.60. The van der Waals surface area contributed by atoms with E-state index in [0.29, 0.717) is 13.1 Å². The molecule has 0 saturated carbocycles. The summed E-state index contributed by atoms with van der Waals surface area (Å²) >= 11 is 2.98. The summed E-state index contributed by atoms with van der Waals surface area (Å²) in [4.78, 5) is 14.0. The first kappa shape index (κ1) is 14.4. The van der Waals surface area contributed by atoms with Crippen molar-refractivity contribution in [3.05, 3.63) is 33.8 Å². The maximum atomic E-state index is 13.5. The lowest BCUT2D eigenvalue weighted by Crippen LogP contribution is -2.34. The third kappa shape index (κ3) is 3.73. The van der Waals surface area contributed by atoms with Gasteiger partial charge in [0.25, 0.3) is 5.91 Å². The fraction of sp³-hybridized carbons (Fsp3) is 0.462. The molecule has 1 amide bonds. The van der Waals surface area contributed by atoms with Gasteiger partial charge >= 0.3 is 0 Å². The molecule has 0 radical (unpaired) electrons. The van der Waals surface area contributed by atoms with Crippen molar-refractivity contribution < 1.29 is 13.6 Å². The molecular weight excluding hydrogens is 318 g/mol. The lowest BCUT2D eigenvalue weighted by Gasteiger charge is -2.15. The Balaban J connectivity index is 1.92. The number of carbonyl (C=O) groups excluding carboxylic acids is 1. The van der Waals surface area contributed by atoms with Gasteiger partial charge in [0.05, 0.1) is 0 Å². The average Bonchev–Trinajstić information content (AvgIpc) is 2.80. The standard InChI is InChI=1S/C13H15BrF2N2O/c14-9-7-10(15)12(11(16)8-9)13(19)17-3-6-18-4-1-2-5-18/h7-8H,1-6H2,(H,17,19). The second-order valence-corrected chi connectivity index (χ2v) is 5.46. The van der Waals surface area contributed by atoms with Crippen molar-refractivity contribution in [2.75, 3.05) is 26.2 Å². The Labute approximate surface area is 119 Å². The van der Waals surface area contributed by atoms with Gasteiger partial charge in [-0.05, 0) is 38.1 Å². The molecule has 104 valence electrons. The minimum absolute atomic E-state index is 0.274. The van der Waals surface area contributed by atoms with E-state index in [-0.39, 0.29) is 4.47 Å². The Morgan fingerprint density at radius 2 is 1.84 bits per heavy atom. The Morgan fingerprint density at radius 3 is 2.42 bits per heavy atom. The van der Waals surface area contributed by atoms with Gasteiger partial charge in [0.15, 0.2) is 0 Å². The van der Waals surface area contributed by atoms with E-state index in [2.05, 4.69) is 26.1 Å². The molecule has 3 nitrogen and oxygen atoms in total. The number of halogens is 3. The van der Waals surface area contributed by atoms with Crippen LogP contribution < -0.4 is 5.32 Å². The lowest BCUT2D eigenvalue weighted by atomic mass is 10.2. The zero-order valence-corrected chi connectivity index (χ0v) is 12.0. The van der Waals surface area contributed by atoms with Crippen molar-refractivity contribution in [2.24, 2.45) is 0 Å². The van der Waals surface area contributed by atoms with Crippen LogP contribution in [-0.2, 0) is 0 Å². The number of rotatable bonds is 4. The van der Waals surface area contributed by atoms with Crippen LogP contribution in [0.15, 0.2) is 16.6 Å². The quantitative estimate of drug-likeness (QED) is 0.919. The number of nitrogens with one attached hydrogen (secondary N) is 1. The Hall–Kier alpha value is -1.01. The monoisotopic (exact) mass is 332 g/mol. The van der Waals surface area contributed by atoms with E-state index in [9.17, 15) is 13.6 Å². The smallest absolute Gasteiger partial charge is 0.257 e. The van der Waals surface area contributed by atoms with Gasteiger partial charge in [-0.2, -0.15) is 0 Å². The molecule has 1 fully saturated rings. The molecule has 0 aliphatic carbocycles. The minimum atomic E-state index is -0.856. The van der Waals surface area contributed by atoms with Crippen LogP contribution in [0.4, 0.5) is 8.78 Å². The zero-order chi connectivity index (χ0) is 13.8. The Morgan fingerprint density at radius 1 is 1.26 bits per heavy atom. The summed E-state index contributed by atoms with van der Waals surface area (Å²) in [5, 5.41) is 2.55. The van der Waals surface area contributed by atoms with Gasteiger partial charge in [-0.3, -0.25) is 4.79 Å². The molecule has 0 bridgehead atoms. The van der Waals surface area contributed by atoms with Crippen LogP contribution in [0.5, 0.6) is 0 Å². The first-order valence-corrected chi connectivity index (χ1v) is 7.02. The highest BCUT2D eigenvalue weighted by molar-refractivity contribution is 9.10. The SMILES string of the molecule is O=C(NCCN1CCCC1)c1c(F)cc(Br)cc1F. The number of benzene rings is 1. The zero-order valence-electron chi connectivity index (χ0n) is 10.4. The summed E-state index contributed by atoms with van der Waals surface area (Å²) in [6, 6.07) is 2.16. The van der Waals surface area contributed by atoms with E-state index >= 15 is 0 Å². The molecule has 1 heterocycles. The highest BCUT2D eigenvalue weighted by Crippen LogP contribution is 2.19. The van der Waals surface area contributed by atoms with Crippen LogP contribution >= 0.6 is 15.9 Å². The van der Waals surface area contributed by atoms with Gasteiger partial charge < -0.3 is 10.2 Å². The van der Waals surface area contributed by atoms with Crippen LogP contribution in [0.2, 0.25) is 0 Å². The molecule has 1 aromatic rings. The van der Waals surface area contributed by atoms with Crippen LogP contribution in [0, 0.1) is 11.6 Å². The predicted octanol–water partition coefficient (Wildman–Crippen LogP) is 2.55. The molecule has 0 spiro atoms. The van der Waals surface area contributed by atoms with Crippen molar-refractivity contribution in [3.8, 4) is 0 Å². The van der Waals surface area contributed by atoms with Gasteiger partial charge in [0.2, 0.25) is 0 Å². The van der Waals surface area contributed by atoms with Gasteiger partial charge in [-0.25, -0.2) is 8.78 Å². The fourth-order valence-electron chi connectivity index (χ4n) is 2.18. The van der Waals surface area contributed by atoms with E-state index in [1.54, 1.807) is 0 Å². The largest absolute Gasteiger partial charge is 0.351 e. The first-order chi connectivity index (χ1) is 9.08. The number of hydrogen-bond donors (Lipinski definition) is 1. The molecule has 1 aliphatic rings. The second kappa shape index (κ2) is 6.43. The molecule has 6 heteroatoms. The van der Waals surface area contributed by atoms with E-state index < -0.39 is 23.1 Å².